The summed E-state index contributed by atoms with van der Waals surface area (Å²) in [5, 5.41) is 25.9. The quantitative estimate of drug-likeness (QED) is 0.430. The van der Waals surface area contributed by atoms with Gasteiger partial charge in [0.15, 0.2) is 0 Å². The van der Waals surface area contributed by atoms with Gasteiger partial charge in [0, 0.05) is 12.5 Å². The molecule has 8 heteroatoms. The number of amides is 3. The van der Waals surface area contributed by atoms with Gasteiger partial charge in [0.1, 0.15) is 6.04 Å². The number of piperidine rings is 1. The number of aliphatic hydroxyl groups excluding tert-OH is 1. The van der Waals surface area contributed by atoms with Crippen LogP contribution in [0.15, 0.2) is 0 Å². The molecule has 23 heavy (non-hydrogen) atoms. The molecule has 0 aromatic rings. The fourth-order valence-electron chi connectivity index (χ4n) is 2.74. The Morgan fingerprint density at radius 3 is 2.57 bits per heavy atom. The molecule has 1 fully saturated rings. The second-order valence-electron chi connectivity index (χ2n) is 6.39. The molecule has 0 bridgehead atoms. The van der Waals surface area contributed by atoms with Crippen molar-refractivity contribution in [1.82, 2.24) is 16.0 Å². The maximum atomic E-state index is 12.3. The molecule has 8 nitrogen and oxygen atoms in total. The molecule has 1 heterocycles. The predicted octanol–water partition coefficient (Wildman–Crippen LogP) is 0.0621. The van der Waals surface area contributed by atoms with Gasteiger partial charge in [0.25, 0.3) is 0 Å². The summed E-state index contributed by atoms with van der Waals surface area (Å²) in [6.07, 6.45) is 1.04. The normalized spacial score (nSPS) is 20.5. The first-order valence-electron chi connectivity index (χ1n) is 8.01. The van der Waals surface area contributed by atoms with Gasteiger partial charge < -0.3 is 26.2 Å². The maximum absolute atomic E-state index is 12.3. The van der Waals surface area contributed by atoms with E-state index < -0.39 is 24.1 Å². The van der Waals surface area contributed by atoms with Crippen molar-refractivity contribution in [3.63, 3.8) is 0 Å². The molecule has 3 unspecified atom stereocenters. The summed E-state index contributed by atoms with van der Waals surface area (Å²) in [7, 11) is 0. The average molecular weight is 329 g/mol. The van der Waals surface area contributed by atoms with E-state index in [4.69, 9.17) is 5.11 Å². The molecule has 0 aliphatic carbocycles. The first-order chi connectivity index (χ1) is 10.8. The zero-order valence-electron chi connectivity index (χ0n) is 13.7. The predicted molar refractivity (Wildman–Crippen MR) is 83.8 cm³/mol. The van der Waals surface area contributed by atoms with E-state index in [1.54, 1.807) is 0 Å². The van der Waals surface area contributed by atoms with Crippen molar-refractivity contribution in [2.24, 2.45) is 11.8 Å². The van der Waals surface area contributed by atoms with Crippen molar-refractivity contribution >= 4 is 17.9 Å². The Balaban J connectivity index is 2.61. The van der Waals surface area contributed by atoms with Crippen molar-refractivity contribution < 1.29 is 24.6 Å². The number of rotatable bonds is 8. The first kappa shape index (κ1) is 19.2. The molecule has 132 valence electrons. The lowest BCUT2D eigenvalue weighted by Gasteiger charge is -2.27. The van der Waals surface area contributed by atoms with E-state index in [0.29, 0.717) is 19.4 Å². The molecule has 3 atom stereocenters. The minimum atomic E-state index is -1.27. The molecule has 0 aromatic carbocycles. The van der Waals surface area contributed by atoms with E-state index in [0.717, 1.165) is 12.8 Å². The highest BCUT2D eigenvalue weighted by Crippen LogP contribution is 2.17. The summed E-state index contributed by atoms with van der Waals surface area (Å²) in [5.41, 5.74) is 0. The lowest BCUT2D eigenvalue weighted by Crippen LogP contribution is -2.51. The molecular weight excluding hydrogens is 302 g/mol. The van der Waals surface area contributed by atoms with Crippen LogP contribution in [0.2, 0.25) is 0 Å². The Morgan fingerprint density at radius 2 is 2.04 bits per heavy atom. The van der Waals surface area contributed by atoms with Gasteiger partial charge in [-0.15, -0.1) is 0 Å². The Morgan fingerprint density at radius 1 is 1.35 bits per heavy atom. The van der Waals surface area contributed by atoms with E-state index in [-0.39, 0.29) is 24.3 Å². The Bertz CT molecular complexity index is 427. The van der Waals surface area contributed by atoms with Crippen molar-refractivity contribution in [3.8, 4) is 0 Å². The topological polar surface area (TPSA) is 128 Å². The van der Waals surface area contributed by atoms with Crippen LogP contribution in [-0.4, -0.2) is 53.4 Å². The van der Waals surface area contributed by atoms with Crippen LogP contribution in [0.25, 0.3) is 0 Å². The Labute approximate surface area is 136 Å². The van der Waals surface area contributed by atoms with E-state index in [1.807, 2.05) is 13.8 Å². The summed E-state index contributed by atoms with van der Waals surface area (Å²) in [6, 6.07) is -1.44. The van der Waals surface area contributed by atoms with Crippen molar-refractivity contribution in [3.05, 3.63) is 0 Å². The fraction of sp³-hybridized carbons (Fsp3) is 0.800. The SMILES string of the molecule is CC(C)CC(NC(=O)O)C(=O)NC(CO)CC1CCCNC1=O. The first-order valence-corrected chi connectivity index (χ1v) is 8.01. The minimum Gasteiger partial charge on any atom is -0.465 e. The second-order valence-corrected chi connectivity index (χ2v) is 6.39. The Hall–Kier alpha value is -1.83. The van der Waals surface area contributed by atoms with Gasteiger partial charge in [-0.05, 0) is 31.6 Å². The van der Waals surface area contributed by atoms with Gasteiger partial charge in [0.2, 0.25) is 11.8 Å². The van der Waals surface area contributed by atoms with Crippen LogP contribution >= 0.6 is 0 Å². The number of hydrogen-bond donors (Lipinski definition) is 5. The molecule has 0 spiro atoms. The van der Waals surface area contributed by atoms with E-state index >= 15 is 0 Å². The average Bonchev–Trinajstić information content (AvgIpc) is 2.47. The summed E-state index contributed by atoms with van der Waals surface area (Å²) >= 11 is 0. The summed E-state index contributed by atoms with van der Waals surface area (Å²) in [6.45, 7) is 4.14. The van der Waals surface area contributed by atoms with Crippen LogP contribution in [0.5, 0.6) is 0 Å². The number of carboxylic acid groups (broad SMARTS) is 1. The largest absolute Gasteiger partial charge is 0.465 e. The molecule has 1 rings (SSSR count). The third-order valence-corrected chi connectivity index (χ3v) is 3.86. The molecule has 1 saturated heterocycles. The molecule has 0 radical (unpaired) electrons. The number of aliphatic hydroxyl groups is 1. The van der Waals surface area contributed by atoms with Crippen molar-refractivity contribution in [2.75, 3.05) is 13.2 Å². The number of carbonyl (C=O) groups excluding carboxylic acids is 2. The highest BCUT2D eigenvalue weighted by Gasteiger charge is 2.28. The molecule has 0 aromatic heterocycles. The highest BCUT2D eigenvalue weighted by molar-refractivity contribution is 5.85. The van der Waals surface area contributed by atoms with Crippen LogP contribution in [0.1, 0.15) is 39.5 Å². The van der Waals surface area contributed by atoms with Crippen LogP contribution in [0.3, 0.4) is 0 Å². The van der Waals surface area contributed by atoms with Crippen molar-refractivity contribution in [2.45, 2.75) is 51.6 Å². The van der Waals surface area contributed by atoms with Gasteiger partial charge in [0.05, 0.1) is 12.6 Å². The lowest BCUT2D eigenvalue weighted by molar-refractivity contribution is -0.128. The third-order valence-electron chi connectivity index (χ3n) is 3.86. The summed E-state index contributed by atoms with van der Waals surface area (Å²) in [5.74, 6) is -0.644. The zero-order chi connectivity index (χ0) is 17.4. The van der Waals surface area contributed by atoms with Gasteiger partial charge in [-0.1, -0.05) is 13.8 Å². The summed E-state index contributed by atoms with van der Waals surface area (Å²) in [4.78, 5) is 34.8. The van der Waals surface area contributed by atoms with E-state index in [9.17, 15) is 19.5 Å². The fourth-order valence-corrected chi connectivity index (χ4v) is 2.74. The number of carbonyl (C=O) groups is 3. The van der Waals surface area contributed by atoms with Gasteiger partial charge in [-0.25, -0.2) is 4.79 Å². The summed E-state index contributed by atoms with van der Waals surface area (Å²) < 4.78 is 0. The minimum absolute atomic E-state index is 0.0636. The zero-order valence-corrected chi connectivity index (χ0v) is 13.7. The molecule has 1 aliphatic heterocycles. The van der Waals surface area contributed by atoms with Crippen LogP contribution < -0.4 is 16.0 Å². The molecule has 5 N–H and O–H groups in total. The molecule has 0 saturated carbocycles. The van der Waals surface area contributed by atoms with Crippen LogP contribution in [0, 0.1) is 11.8 Å². The van der Waals surface area contributed by atoms with E-state index in [2.05, 4.69) is 16.0 Å². The Kier molecular flexibility index (Phi) is 7.80. The lowest BCUT2D eigenvalue weighted by atomic mass is 9.91. The smallest absolute Gasteiger partial charge is 0.405 e. The highest BCUT2D eigenvalue weighted by atomic mass is 16.4. The molecule has 1 aliphatic rings. The van der Waals surface area contributed by atoms with Crippen LogP contribution in [0.4, 0.5) is 4.79 Å². The van der Waals surface area contributed by atoms with Gasteiger partial charge >= 0.3 is 6.09 Å². The van der Waals surface area contributed by atoms with E-state index in [1.165, 1.54) is 0 Å². The van der Waals surface area contributed by atoms with Crippen molar-refractivity contribution in [1.29, 1.82) is 0 Å². The van der Waals surface area contributed by atoms with Gasteiger partial charge in [-0.3, -0.25) is 9.59 Å². The molecule has 3 amide bonds. The van der Waals surface area contributed by atoms with Gasteiger partial charge in [-0.2, -0.15) is 0 Å². The third kappa shape index (κ3) is 6.85. The molecular formula is C15H27N3O5. The number of nitrogens with one attached hydrogen (secondary N) is 3. The monoisotopic (exact) mass is 329 g/mol. The van der Waals surface area contributed by atoms with Crippen LogP contribution in [-0.2, 0) is 9.59 Å². The standard InChI is InChI=1S/C15H27N3O5/c1-9(2)6-12(18-15(22)23)14(21)17-11(8-19)7-10-4-3-5-16-13(10)20/h9-12,18-19H,3-8H2,1-2H3,(H,16,20)(H,17,21)(H,22,23). The number of hydrogen-bond acceptors (Lipinski definition) is 4. The second kappa shape index (κ2) is 9.34. The maximum Gasteiger partial charge on any atom is 0.405 e.